The van der Waals surface area contributed by atoms with E-state index in [2.05, 4.69) is 0 Å². The monoisotopic (exact) mass is 574 g/mol. The molecule has 0 radical (unpaired) electrons. The van der Waals surface area contributed by atoms with Gasteiger partial charge in [-0.1, -0.05) is 48.5 Å². The van der Waals surface area contributed by atoms with Crippen LogP contribution in [0.5, 0.6) is 11.5 Å². The standard InChI is InChI=1S/C32H31NO9/c1-18(34)41-22(17-33(2,3)4)16-27(35)42-26-15-20-10-6-5-9-19(20)13-24(26)29(32(39)40)28-23-12-8-7-11-21(23)14-25(30(28)36)31(37)38/h5-15,22,29H,16-17H2,1-4H3,(H2-,36,37,38,39,40)/p+1/t22-,29?/m1/s1. The van der Waals surface area contributed by atoms with Crippen molar-refractivity contribution in [3.63, 3.8) is 0 Å². The maximum Gasteiger partial charge on any atom is 0.339 e. The number of ether oxygens (including phenoxy) is 2. The average molecular weight is 575 g/mol. The van der Waals surface area contributed by atoms with Crippen molar-refractivity contribution in [2.75, 3.05) is 27.7 Å². The quantitative estimate of drug-likeness (QED) is 0.141. The molecule has 3 N–H and O–H groups in total. The number of esters is 2. The van der Waals surface area contributed by atoms with Crippen LogP contribution in [0.4, 0.5) is 0 Å². The lowest BCUT2D eigenvalue weighted by atomic mass is 9.84. The fourth-order valence-electron chi connectivity index (χ4n) is 5.12. The number of aliphatic carboxylic acids is 1. The molecule has 4 aromatic rings. The molecule has 10 heteroatoms. The highest BCUT2D eigenvalue weighted by Crippen LogP contribution is 2.43. The van der Waals surface area contributed by atoms with Crippen LogP contribution in [0, 0.1) is 0 Å². The van der Waals surface area contributed by atoms with Gasteiger partial charge in [-0.3, -0.25) is 14.4 Å². The number of nitrogens with zero attached hydrogens (tertiary/aromatic N) is 1. The minimum Gasteiger partial charge on any atom is -0.507 e. The van der Waals surface area contributed by atoms with Crippen molar-refractivity contribution in [1.82, 2.24) is 0 Å². The second-order valence-corrected chi connectivity index (χ2v) is 11.1. The van der Waals surface area contributed by atoms with Crippen molar-refractivity contribution >= 4 is 45.4 Å². The molecule has 42 heavy (non-hydrogen) atoms. The van der Waals surface area contributed by atoms with Crippen molar-refractivity contribution in [2.24, 2.45) is 0 Å². The zero-order valence-corrected chi connectivity index (χ0v) is 23.7. The van der Waals surface area contributed by atoms with Crippen LogP contribution in [0.1, 0.15) is 40.7 Å². The van der Waals surface area contributed by atoms with Gasteiger partial charge in [0.25, 0.3) is 0 Å². The Hall–Kier alpha value is -4.96. The molecule has 0 heterocycles. The molecule has 0 saturated heterocycles. The first kappa shape index (κ1) is 30.0. The molecule has 0 aliphatic heterocycles. The fraction of sp³-hybridized carbons (Fsp3) is 0.250. The van der Waals surface area contributed by atoms with Gasteiger partial charge in [-0.05, 0) is 39.7 Å². The summed E-state index contributed by atoms with van der Waals surface area (Å²) in [6.07, 6.45) is -1.09. The molecule has 0 aromatic heterocycles. The molecule has 0 bridgehead atoms. The summed E-state index contributed by atoms with van der Waals surface area (Å²) in [4.78, 5) is 49.9. The van der Waals surface area contributed by atoms with Gasteiger partial charge in [0.1, 0.15) is 29.5 Å². The molecule has 0 spiro atoms. The second kappa shape index (κ2) is 11.9. The Bertz CT molecular complexity index is 1700. The summed E-state index contributed by atoms with van der Waals surface area (Å²) in [5.41, 5.74) is -0.569. The number of aromatic hydroxyl groups is 1. The van der Waals surface area contributed by atoms with Crippen molar-refractivity contribution in [1.29, 1.82) is 0 Å². The number of phenols is 1. The zero-order chi connectivity index (χ0) is 30.8. The summed E-state index contributed by atoms with van der Waals surface area (Å²) in [6.45, 7) is 1.56. The highest BCUT2D eigenvalue weighted by Gasteiger charge is 2.34. The number of benzene rings is 4. The Balaban J connectivity index is 1.89. The molecule has 0 fully saturated rings. The van der Waals surface area contributed by atoms with Crippen LogP contribution in [-0.4, -0.2) is 77.5 Å². The van der Waals surface area contributed by atoms with E-state index in [1.54, 1.807) is 54.6 Å². The lowest BCUT2D eigenvalue weighted by molar-refractivity contribution is -0.873. The van der Waals surface area contributed by atoms with Crippen molar-refractivity contribution in [3.05, 3.63) is 83.4 Å². The molecule has 0 aliphatic carbocycles. The number of quaternary nitrogens is 1. The Morgan fingerprint density at radius 1 is 0.857 bits per heavy atom. The average Bonchev–Trinajstić information content (AvgIpc) is 2.88. The van der Waals surface area contributed by atoms with E-state index in [4.69, 9.17) is 9.47 Å². The number of rotatable bonds is 10. The van der Waals surface area contributed by atoms with E-state index in [1.807, 2.05) is 21.1 Å². The van der Waals surface area contributed by atoms with Gasteiger partial charge in [-0.15, -0.1) is 0 Å². The molecule has 2 atom stereocenters. The van der Waals surface area contributed by atoms with Crippen LogP contribution in [-0.2, 0) is 19.1 Å². The van der Waals surface area contributed by atoms with Gasteiger partial charge < -0.3 is 29.3 Å². The van der Waals surface area contributed by atoms with Crippen LogP contribution >= 0.6 is 0 Å². The molecule has 218 valence electrons. The summed E-state index contributed by atoms with van der Waals surface area (Å²) in [5, 5.41) is 33.5. The molecule has 10 nitrogen and oxygen atoms in total. The lowest BCUT2D eigenvalue weighted by Crippen LogP contribution is -2.44. The lowest BCUT2D eigenvalue weighted by Gasteiger charge is -2.28. The van der Waals surface area contributed by atoms with E-state index in [0.29, 0.717) is 32.6 Å². The SMILES string of the molecule is CC(=O)O[C@H](CC(=O)Oc1cc2ccccc2cc1C(C(=O)O)c1c(O)c(C(=O)O)cc2ccccc12)C[N+](C)(C)C. The van der Waals surface area contributed by atoms with Gasteiger partial charge in [0, 0.05) is 18.1 Å². The van der Waals surface area contributed by atoms with Gasteiger partial charge in [0.2, 0.25) is 0 Å². The van der Waals surface area contributed by atoms with Gasteiger partial charge in [-0.25, -0.2) is 4.79 Å². The zero-order valence-electron chi connectivity index (χ0n) is 23.7. The second-order valence-electron chi connectivity index (χ2n) is 11.1. The minimum absolute atomic E-state index is 0.0354. The normalized spacial score (nSPS) is 13.0. The number of carboxylic acid groups (broad SMARTS) is 2. The van der Waals surface area contributed by atoms with E-state index in [1.165, 1.54) is 19.1 Å². The molecule has 0 aliphatic rings. The van der Waals surface area contributed by atoms with E-state index in [-0.39, 0.29) is 23.3 Å². The third-order valence-electron chi connectivity index (χ3n) is 6.72. The number of carbonyl (C=O) groups excluding carboxylic acids is 2. The Kier molecular flexibility index (Phi) is 8.49. The third-order valence-corrected chi connectivity index (χ3v) is 6.72. The first-order chi connectivity index (χ1) is 19.7. The predicted octanol–water partition coefficient (Wildman–Crippen LogP) is 4.55. The molecule has 1 unspecified atom stereocenters. The highest BCUT2D eigenvalue weighted by atomic mass is 16.6. The summed E-state index contributed by atoms with van der Waals surface area (Å²) < 4.78 is 11.5. The number of fused-ring (bicyclic) bond motifs is 2. The number of hydrogen-bond donors (Lipinski definition) is 3. The molecule has 0 amide bonds. The number of carboxylic acids is 2. The van der Waals surface area contributed by atoms with Gasteiger partial charge in [0.15, 0.2) is 6.10 Å². The smallest absolute Gasteiger partial charge is 0.339 e. The maximum absolute atomic E-state index is 13.2. The summed E-state index contributed by atoms with van der Waals surface area (Å²) in [7, 11) is 5.63. The first-order valence-corrected chi connectivity index (χ1v) is 13.2. The highest BCUT2D eigenvalue weighted by molar-refractivity contribution is 6.03. The summed E-state index contributed by atoms with van der Waals surface area (Å²) in [6, 6.07) is 17.9. The van der Waals surface area contributed by atoms with Crippen LogP contribution in [0.15, 0.2) is 66.7 Å². The predicted molar refractivity (Wildman–Crippen MR) is 155 cm³/mol. The van der Waals surface area contributed by atoms with Gasteiger partial charge in [-0.2, -0.15) is 0 Å². The largest absolute Gasteiger partial charge is 0.507 e. The number of aromatic carboxylic acids is 1. The third kappa shape index (κ3) is 6.67. The summed E-state index contributed by atoms with van der Waals surface area (Å²) >= 11 is 0. The van der Waals surface area contributed by atoms with Crippen molar-refractivity contribution < 1.29 is 48.5 Å². The van der Waals surface area contributed by atoms with E-state index in [0.717, 1.165) is 0 Å². The van der Waals surface area contributed by atoms with E-state index in [9.17, 15) is 34.5 Å². The molecule has 4 rings (SSSR count). The molecule has 0 saturated carbocycles. The van der Waals surface area contributed by atoms with Crippen LogP contribution < -0.4 is 4.74 Å². The number of carbonyl (C=O) groups is 4. The molecular formula is C32H32NO9+. The fourth-order valence-corrected chi connectivity index (χ4v) is 5.12. The Labute approximate surface area is 241 Å². The Morgan fingerprint density at radius 2 is 1.45 bits per heavy atom. The maximum atomic E-state index is 13.2. The van der Waals surface area contributed by atoms with Crippen LogP contribution in [0.2, 0.25) is 0 Å². The van der Waals surface area contributed by atoms with Crippen LogP contribution in [0.25, 0.3) is 21.5 Å². The number of likely N-dealkylation sites (N-methyl/N-ethyl adjacent to an activating group) is 1. The Morgan fingerprint density at radius 3 is 2.02 bits per heavy atom. The van der Waals surface area contributed by atoms with E-state index >= 15 is 0 Å². The van der Waals surface area contributed by atoms with E-state index < -0.39 is 47.2 Å². The van der Waals surface area contributed by atoms with Gasteiger partial charge in [0.05, 0.1) is 27.6 Å². The first-order valence-electron chi connectivity index (χ1n) is 13.2. The molecular weight excluding hydrogens is 542 g/mol. The van der Waals surface area contributed by atoms with Gasteiger partial charge >= 0.3 is 23.9 Å². The number of hydrogen-bond acceptors (Lipinski definition) is 7. The molecule has 4 aromatic carbocycles. The summed E-state index contributed by atoms with van der Waals surface area (Å²) in [5.74, 6) is -6.53. The van der Waals surface area contributed by atoms with Crippen LogP contribution in [0.3, 0.4) is 0 Å². The van der Waals surface area contributed by atoms with Crippen molar-refractivity contribution in [3.8, 4) is 11.5 Å². The van der Waals surface area contributed by atoms with Crippen molar-refractivity contribution in [2.45, 2.75) is 25.4 Å². The minimum atomic E-state index is -1.61. The topological polar surface area (TPSA) is 147 Å².